The molecule has 2 heterocycles. The molecule has 2 aliphatic heterocycles. The first-order valence-electron chi connectivity index (χ1n) is 16.6. The third-order valence-corrected chi connectivity index (χ3v) is 7.76. The average molecular weight is 676 g/mol. The zero-order valence-electron chi connectivity index (χ0n) is 29.3. The van der Waals surface area contributed by atoms with Gasteiger partial charge in [-0.1, -0.05) is 25.0 Å². The number of carbonyl (C=O) groups excluding carboxylic acids is 4. The van der Waals surface area contributed by atoms with Crippen molar-refractivity contribution in [3.8, 4) is 5.75 Å². The molecule has 2 aliphatic rings. The molecule has 3 atom stereocenters. The number of cyclic esters (lactones) is 1. The van der Waals surface area contributed by atoms with Crippen molar-refractivity contribution >= 4 is 30.1 Å². The summed E-state index contributed by atoms with van der Waals surface area (Å²) in [5.74, 6) is 0.527. The normalized spacial score (nSPS) is 18.8. The van der Waals surface area contributed by atoms with Gasteiger partial charge in [-0.3, -0.25) is 4.90 Å². The van der Waals surface area contributed by atoms with Crippen molar-refractivity contribution in [1.82, 2.24) is 15.5 Å². The largest absolute Gasteiger partial charge is 0.490 e. The first kappa shape index (κ1) is 38.4. The summed E-state index contributed by atoms with van der Waals surface area (Å²) in [5, 5.41) is 5.93. The Labute approximate surface area is 283 Å². The number of ether oxygens (including phenoxy) is 5. The second-order valence-corrected chi connectivity index (χ2v) is 14.2. The average Bonchev–Trinajstić information content (AvgIpc) is 3.36. The number of nitrogens with one attached hydrogen (secondary N) is 2. The Kier molecular flexibility index (Phi) is 13.9. The number of amidine groups is 1. The molecule has 0 radical (unpaired) electrons. The minimum absolute atomic E-state index is 0.00934. The van der Waals surface area contributed by atoms with E-state index in [-0.39, 0.29) is 25.4 Å². The van der Waals surface area contributed by atoms with Crippen LogP contribution in [0.15, 0.2) is 29.3 Å². The summed E-state index contributed by atoms with van der Waals surface area (Å²) < 4.78 is 27.0. The van der Waals surface area contributed by atoms with Gasteiger partial charge in [0.15, 0.2) is 6.10 Å². The van der Waals surface area contributed by atoms with Crippen LogP contribution in [0, 0.1) is 5.92 Å². The lowest BCUT2D eigenvalue weighted by molar-refractivity contribution is -0.143. The van der Waals surface area contributed by atoms with Gasteiger partial charge >= 0.3 is 24.2 Å². The van der Waals surface area contributed by atoms with Crippen LogP contribution in [0.4, 0.5) is 14.4 Å². The summed E-state index contributed by atoms with van der Waals surface area (Å²) in [6, 6.07) is 5.40. The Hall–Kier alpha value is -4.07. The Morgan fingerprint density at radius 1 is 1.06 bits per heavy atom. The number of benzene rings is 1. The van der Waals surface area contributed by atoms with Crippen LogP contribution in [0.3, 0.4) is 0 Å². The molecule has 1 aromatic rings. The first-order chi connectivity index (χ1) is 22.5. The lowest BCUT2D eigenvalue weighted by atomic mass is 9.91. The van der Waals surface area contributed by atoms with Gasteiger partial charge in [0.1, 0.15) is 35.4 Å². The van der Waals surface area contributed by atoms with Gasteiger partial charge in [0.05, 0.1) is 19.7 Å². The van der Waals surface area contributed by atoms with Crippen molar-refractivity contribution in [2.45, 2.75) is 109 Å². The van der Waals surface area contributed by atoms with E-state index in [9.17, 15) is 19.2 Å². The van der Waals surface area contributed by atoms with Gasteiger partial charge in [0, 0.05) is 6.42 Å². The van der Waals surface area contributed by atoms with Gasteiger partial charge in [0.25, 0.3) is 0 Å². The third-order valence-electron chi connectivity index (χ3n) is 7.76. The number of alkyl carbamates (subject to hydrolysis) is 1. The quantitative estimate of drug-likeness (QED) is 0.117. The number of hydrogen-bond acceptors (Lipinski definition) is 10. The van der Waals surface area contributed by atoms with E-state index in [1.165, 1.54) is 12.0 Å². The summed E-state index contributed by atoms with van der Waals surface area (Å²) >= 11 is 0. The van der Waals surface area contributed by atoms with Gasteiger partial charge in [-0.2, -0.15) is 4.99 Å². The molecule has 2 fully saturated rings. The maximum atomic E-state index is 13.0. The Balaban J connectivity index is 1.60. The van der Waals surface area contributed by atoms with Gasteiger partial charge in [-0.15, -0.1) is 0 Å². The summed E-state index contributed by atoms with van der Waals surface area (Å²) in [4.78, 5) is 55.5. The van der Waals surface area contributed by atoms with Gasteiger partial charge in [-0.25, -0.2) is 19.2 Å². The molecule has 1 aromatic carbocycles. The molecule has 0 bridgehead atoms. The van der Waals surface area contributed by atoms with Crippen LogP contribution in [0.1, 0.15) is 79.2 Å². The predicted octanol–water partition coefficient (Wildman–Crippen LogP) is 4.33. The Morgan fingerprint density at radius 2 is 1.71 bits per heavy atom. The highest BCUT2D eigenvalue weighted by Gasteiger charge is 2.38. The van der Waals surface area contributed by atoms with Crippen molar-refractivity contribution in [1.29, 1.82) is 0 Å². The molecular formula is C34H53N5O9. The second-order valence-electron chi connectivity index (χ2n) is 14.2. The highest BCUT2D eigenvalue weighted by molar-refractivity contribution is 5.96. The van der Waals surface area contributed by atoms with Crippen LogP contribution in [0.5, 0.6) is 5.75 Å². The Morgan fingerprint density at radius 3 is 2.31 bits per heavy atom. The summed E-state index contributed by atoms with van der Waals surface area (Å²) in [6.45, 7) is 12.7. The molecule has 3 rings (SSSR count). The van der Waals surface area contributed by atoms with Crippen LogP contribution >= 0.6 is 0 Å². The van der Waals surface area contributed by atoms with Gasteiger partial charge in [-0.05, 0) is 97.5 Å². The summed E-state index contributed by atoms with van der Waals surface area (Å²) in [5.41, 5.74) is 5.63. The number of amides is 3. The third kappa shape index (κ3) is 13.2. The molecule has 0 aromatic heterocycles. The molecule has 3 amide bonds. The van der Waals surface area contributed by atoms with Crippen LogP contribution in [0.2, 0.25) is 0 Å². The molecule has 48 heavy (non-hydrogen) atoms. The number of hydrogen-bond donors (Lipinski definition) is 3. The topological polar surface area (TPSA) is 180 Å². The zero-order chi connectivity index (χ0) is 35.5. The molecule has 0 saturated carbocycles. The monoisotopic (exact) mass is 675 g/mol. The molecule has 0 aliphatic carbocycles. The van der Waals surface area contributed by atoms with Gasteiger partial charge in [0.2, 0.25) is 0 Å². The number of nitrogens with zero attached hydrogens (tertiary/aromatic N) is 2. The molecule has 3 unspecified atom stereocenters. The van der Waals surface area contributed by atoms with Crippen molar-refractivity contribution in [2.75, 3.05) is 33.4 Å². The van der Waals surface area contributed by atoms with E-state index >= 15 is 0 Å². The molecule has 0 spiro atoms. The smallest absolute Gasteiger partial charge is 0.435 e. The zero-order valence-corrected chi connectivity index (χ0v) is 29.3. The van der Waals surface area contributed by atoms with Gasteiger partial charge < -0.3 is 40.1 Å². The van der Waals surface area contributed by atoms with Crippen LogP contribution in [0.25, 0.3) is 0 Å². The fourth-order valence-electron chi connectivity index (χ4n) is 5.51. The van der Waals surface area contributed by atoms with Crippen LogP contribution in [-0.2, 0) is 30.2 Å². The highest BCUT2D eigenvalue weighted by atomic mass is 16.6. The molecule has 14 nitrogen and oxygen atoms in total. The van der Waals surface area contributed by atoms with E-state index in [0.717, 1.165) is 44.3 Å². The number of aliphatic imine (C=N–C) groups is 1. The number of carbonyl (C=O) groups is 4. The number of rotatable bonds is 13. The van der Waals surface area contributed by atoms with E-state index in [1.807, 2.05) is 0 Å². The second kappa shape index (κ2) is 17.4. The van der Waals surface area contributed by atoms with Crippen molar-refractivity contribution in [2.24, 2.45) is 16.6 Å². The van der Waals surface area contributed by atoms with E-state index in [2.05, 4.69) is 15.6 Å². The maximum Gasteiger partial charge on any atom is 0.435 e. The van der Waals surface area contributed by atoms with E-state index in [1.54, 1.807) is 65.8 Å². The van der Waals surface area contributed by atoms with Crippen LogP contribution < -0.4 is 21.1 Å². The standard InChI is InChI=1S/C34H53N5O9/c1-33(2,3)47-30(41)37-26(29(40)44-7)19-23-11-13-24(14-12-23)45-21-25-20-39(32(43)46-25)27(10-8-9-22-15-17-36-18-16-22)28(35)38-31(42)48-34(4,5)6/h11-14,22,25-27,36H,8-10,15-21H2,1-7H3,(H,37,41)(H2,35,38,42). The Bertz CT molecular complexity index is 1270. The van der Waals surface area contributed by atoms with E-state index in [4.69, 9.17) is 29.4 Å². The fourth-order valence-corrected chi connectivity index (χ4v) is 5.51. The lowest BCUT2D eigenvalue weighted by Gasteiger charge is -2.27. The molecule has 2 saturated heterocycles. The van der Waals surface area contributed by atoms with Crippen LogP contribution in [-0.4, -0.2) is 97.7 Å². The minimum Gasteiger partial charge on any atom is -0.490 e. The molecule has 4 N–H and O–H groups in total. The van der Waals surface area contributed by atoms with E-state index in [0.29, 0.717) is 18.1 Å². The maximum absolute atomic E-state index is 13.0. The minimum atomic E-state index is -0.945. The molecule has 268 valence electrons. The number of esters is 1. The number of nitrogens with two attached hydrogens (primary N) is 1. The van der Waals surface area contributed by atoms with Crippen molar-refractivity contribution < 1.29 is 42.9 Å². The molecular weight excluding hydrogens is 622 g/mol. The SMILES string of the molecule is COC(=O)C(Cc1ccc(OCC2CN(C(CCCC3CCNCC3)C(N)=NC(=O)OC(C)(C)C)C(=O)O2)cc1)NC(=O)OC(C)(C)C. The molecule has 14 heteroatoms. The summed E-state index contributed by atoms with van der Waals surface area (Å²) in [6.07, 6.45) is 2.04. The van der Waals surface area contributed by atoms with Crippen molar-refractivity contribution in [3.05, 3.63) is 29.8 Å². The number of piperidine rings is 1. The number of methoxy groups -OCH3 is 1. The fraction of sp³-hybridized carbons (Fsp3) is 0.676. The predicted molar refractivity (Wildman–Crippen MR) is 179 cm³/mol. The lowest BCUT2D eigenvalue weighted by Crippen LogP contribution is -2.46. The van der Waals surface area contributed by atoms with E-state index < -0.39 is 53.6 Å². The summed E-state index contributed by atoms with van der Waals surface area (Å²) in [7, 11) is 1.25. The van der Waals surface area contributed by atoms with Crippen molar-refractivity contribution in [3.63, 3.8) is 0 Å². The first-order valence-corrected chi connectivity index (χ1v) is 16.6. The highest BCUT2D eigenvalue weighted by Crippen LogP contribution is 2.24.